The van der Waals surface area contributed by atoms with E-state index in [0.717, 1.165) is 12.8 Å². The van der Waals surface area contributed by atoms with Crippen molar-refractivity contribution in [1.82, 2.24) is 10.2 Å². The predicted molar refractivity (Wildman–Crippen MR) is 94.4 cm³/mol. The van der Waals surface area contributed by atoms with Gasteiger partial charge in [-0.1, -0.05) is 11.6 Å². The molecule has 0 saturated carbocycles. The largest absolute Gasteiger partial charge is 0.444 e. The Kier molecular flexibility index (Phi) is 5.94. The summed E-state index contributed by atoms with van der Waals surface area (Å²) in [5.41, 5.74) is 0.149. The summed E-state index contributed by atoms with van der Waals surface area (Å²) in [5.74, 6) is 0. The van der Waals surface area contributed by atoms with Crippen molar-refractivity contribution in [3.63, 3.8) is 0 Å². The van der Waals surface area contributed by atoms with Crippen LogP contribution in [0.15, 0.2) is 24.3 Å². The van der Waals surface area contributed by atoms with Crippen molar-refractivity contribution in [2.45, 2.75) is 45.3 Å². The Morgan fingerprint density at radius 2 is 1.92 bits per heavy atom. The van der Waals surface area contributed by atoms with Crippen LogP contribution < -0.4 is 10.6 Å². The Labute approximate surface area is 147 Å². The Morgan fingerprint density at radius 1 is 1.25 bits per heavy atom. The van der Waals surface area contributed by atoms with Crippen molar-refractivity contribution < 1.29 is 14.3 Å². The standard InChI is InChI=1S/C17H24ClN3O3/c1-17(2,3)24-16(23)20-14-5-4-10-21(11-14)15(22)19-13-8-6-12(18)7-9-13/h6-9,14H,4-5,10-11H2,1-3H3,(H,19,22)(H,20,23). The first-order valence-electron chi connectivity index (χ1n) is 8.04. The minimum atomic E-state index is -0.537. The van der Waals surface area contributed by atoms with Crippen LogP contribution in [0.1, 0.15) is 33.6 Å². The maximum absolute atomic E-state index is 12.4. The second-order valence-electron chi connectivity index (χ2n) is 6.87. The molecule has 24 heavy (non-hydrogen) atoms. The smallest absolute Gasteiger partial charge is 0.407 e. The third-order valence-electron chi connectivity index (χ3n) is 3.52. The second kappa shape index (κ2) is 7.75. The number of anilines is 1. The maximum atomic E-state index is 12.4. The number of hydrogen-bond donors (Lipinski definition) is 2. The van der Waals surface area contributed by atoms with Crippen LogP contribution in [-0.2, 0) is 4.74 Å². The molecule has 1 atom stereocenters. The van der Waals surface area contributed by atoms with Crippen LogP contribution in [0.4, 0.5) is 15.3 Å². The number of benzene rings is 1. The number of halogens is 1. The van der Waals surface area contributed by atoms with E-state index in [4.69, 9.17) is 16.3 Å². The van der Waals surface area contributed by atoms with Crippen molar-refractivity contribution in [3.8, 4) is 0 Å². The molecule has 1 aliphatic rings. The van der Waals surface area contributed by atoms with Crippen LogP contribution in [0.2, 0.25) is 5.02 Å². The van der Waals surface area contributed by atoms with Crippen LogP contribution in [0, 0.1) is 0 Å². The molecular weight excluding hydrogens is 330 g/mol. The normalized spacial score (nSPS) is 18.0. The number of nitrogens with one attached hydrogen (secondary N) is 2. The number of likely N-dealkylation sites (tertiary alicyclic amines) is 1. The van der Waals surface area contributed by atoms with Gasteiger partial charge in [0.05, 0.1) is 0 Å². The minimum Gasteiger partial charge on any atom is -0.444 e. The number of urea groups is 1. The van der Waals surface area contributed by atoms with Crippen LogP contribution in [-0.4, -0.2) is 41.8 Å². The monoisotopic (exact) mass is 353 g/mol. The summed E-state index contributed by atoms with van der Waals surface area (Å²) in [5, 5.41) is 6.28. The second-order valence-corrected chi connectivity index (χ2v) is 7.30. The summed E-state index contributed by atoms with van der Waals surface area (Å²) >= 11 is 5.84. The molecular formula is C17H24ClN3O3. The van der Waals surface area contributed by atoms with Crippen molar-refractivity contribution >= 4 is 29.4 Å². The molecule has 1 aromatic carbocycles. The van der Waals surface area contributed by atoms with Gasteiger partial charge >= 0.3 is 12.1 Å². The molecule has 1 unspecified atom stereocenters. The zero-order valence-corrected chi connectivity index (χ0v) is 15.0. The number of rotatable bonds is 2. The molecule has 1 fully saturated rings. The summed E-state index contributed by atoms with van der Waals surface area (Å²) in [6, 6.07) is 6.65. The molecule has 2 rings (SSSR count). The summed E-state index contributed by atoms with van der Waals surface area (Å²) < 4.78 is 5.26. The SMILES string of the molecule is CC(C)(C)OC(=O)NC1CCCN(C(=O)Nc2ccc(Cl)cc2)C1. The van der Waals surface area contributed by atoms with Crippen molar-refractivity contribution in [3.05, 3.63) is 29.3 Å². The molecule has 132 valence electrons. The molecule has 0 aromatic heterocycles. The number of carbonyl (C=O) groups excluding carboxylic acids is 2. The lowest BCUT2D eigenvalue weighted by atomic mass is 10.1. The van der Waals surface area contributed by atoms with E-state index in [0.29, 0.717) is 23.8 Å². The van der Waals surface area contributed by atoms with E-state index in [1.54, 1.807) is 29.2 Å². The first-order chi connectivity index (χ1) is 11.2. The van der Waals surface area contributed by atoms with Crippen molar-refractivity contribution in [2.75, 3.05) is 18.4 Å². The highest BCUT2D eigenvalue weighted by Gasteiger charge is 2.26. The zero-order chi connectivity index (χ0) is 17.7. The number of hydrogen-bond acceptors (Lipinski definition) is 3. The summed E-state index contributed by atoms with van der Waals surface area (Å²) in [6.07, 6.45) is 1.20. The van der Waals surface area contributed by atoms with Gasteiger partial charge in [-0.2, -0.15) is 0 Å². The number of alkyl carbamates (subject to hydrolysis) is 1. The van der Waals surface area contributed by atoms with Crippen LogP contribution >= 0.6 is 11.6 Å². The van der Waals surface area contributed by atoms with E-state index >= 15 is 0 Å². The summed E-state index contributed by atoms with van der Waals surface area (Å²) in [6.45, 7) is 6.57. The Morgan fingerprint density at radius 3 is 2.54 bits per heavy atom. The summed E-state index contributed by atoms with van der Waals surface area (Å²) in [4.78, 5) is 25.9. The fraction of sp³-hybridized carbons (Fsp3) is 0.529. The van der Waals surface area contributed by atoms with Gasteiger partial charge in [-0.15, -0.1) is 0 Å². The fourth-order valence-electron chi connectivity index (χ4n) is 2.49. The van der Waals surface area contributed by atoms with Gasteiger partial charge in [0.15, 0.2) is 0 Å². The summed E-state index contributed by atoms with van der Waals surface area (Å²) in [7, 11) is 0. The molecule has 1 heterocycles. The predicted octanol–water partition coefficient (Wildman–Crippen LogP) is 3.86. The average Bonchev–Trinajstić information content (AvgIpc) is 2.48. The van der Waals surface area contributed by atoms with Gasteiger partial charge in [0.25, 0.3) is 0 Å². The quantitative estimate of drug-likeness (QED) is 0.848. The topological polar surface area (TPSA) is 70.7 Å². The maximum Gasteiger partial charge on any atom is 0.407 e. The molecule has 1 saturated heterocycles. The molecule has 0 bridgehead atoms. The van der Waals surface area contributed by atoms with Gasteiger partial charge in [0, 0.05) is 29.8 Å². The third kappa shape index (κ3) is 5.92. The van der Waals surface area contributed by atoms with Gasteiger partial charge < -0.3 is 20.3 Å². The van der Waals surface area contributed by atoms with Gasteiger partial charge in [-0.25, -0.2) is 9.59 Å². The first kappa shape index (κ1) is 18.4. The molecule has 2 N–H and O–H groups in total. The highest BCUT2D eigenvalue weighted by atomic mass is 35.5. The number of carbonyl (C=O) groups is 2. The minimum absolute atomic E-state index is 0.107. The van der Waals surface area contributed by atoms with Gasteiger partial charge in [0.2, 0.25) is 0 Å². The molecule has 0 radical (unpaired) electrons. The van der Waals surface area contributed by atoms with E-state index in [-0.39, 0.29) is 12.1 Å². The van der Waals surface area contributed by atoms with Gasteiger partial charge in [-0.3, -0.25) is 0 Å². The fourth-order valence-corrected chi connectivity index (χ4v) is 2.62. The Bertz CT molecular complexity index is 584. The molecule has 7 heteroatoms. The third-order valence-corrected chi connectivity index (χ3v) is 3.78. The zero-order valence-electron chi connectivity index (χ0n) is 14.3. The van der Waals surface area contributed by atoms with Crippen LogP contribution in [0.5, 0.6) is 0 Å². The molecule has 1 aliphatic heterocycles. The molecule has 6 nitrogen and oxygen atoms in total. The van der Waals surface area contributed by atoms with E-state index in [1.165, 1.54) is 0 Å². The highest BCUT2D eigenvalue weighted by Crippen LogP contribution is 2.16. The number of piperidine rings is 1. The van der Waals surface area contributed by atoms with Gasteiger partial charge in [0.1, 0.15) is 5.60 Å². The lowest BCUT2D eigenvalue weighted by molar-refractivity contribution is 0.0480. The van der Waals surface area contributed by atoms with Gasteiger partial charge in [-0.05, 0) is 57.9 Å². The molecule has 0 spiro atoms. The highest BCUT2D eigenvalue weighted by molar-refractivity contribution is 6.30. The molecule has 1 aromatic rings. The molecule has 3 amide bonds. The van der Waals surface area contributed by atoms with Crippen LogP contribution in [0.3, 0.4) is 0 Å². The number of ether oxygens (including phenoxy) is 1. The Hall–Kier alpha value is -1.95. The lowest BCUT2D eigenvalue weighted by Gasteiger charge is -2.33. The Balaban J connectivity index is 1.86. The van der Waals surface area contributed by atoms with Crippen LogP contribution in [0.25, 0.3) is 0 Å². The number of nitrogens with zero attached hydrogens (tertiary/aromatic N) is 1. The first-order valence-corrected chi connectivity index (χ1v) is 8.42. The average molecular weight is 354 g/mol. The lowest BCUT2D eigenvalue weighted by Crippen LogP contribution is -2.51. The molecule has 0 aliphatic carbocycles. The van der Waals surface area contributed by atoms with E-state index in [2.05, 4.69) is 10.6 Å². The number of amides is 3. The van der Waals surface area contributed by atoms with E-state index in [1.807, 2.05) is 20.8 Å². The van der Waals surface area contributed by atoms with Crippen molar-refractivity contribution in [2.24, 2.45) is 0 Å². The van der Waals surface area contributed by atoms with Crippen molar-refractivity contribution in [1.29, 1.82) is 0 Å². The van der Waals surface area contributed by atoms with E-state index in [9.17, 15) is 9.59 Å². The van der Waals surface area contributed by atoms with E-state index < -0.39 is 11.7 Å².